The molecule has 3 nitrogen and oxygen atoms in total. The molecule has 0 bridgehead atoms. The highest BCUT2D eigenvalue weighted by atomic mass is 32.1. The van der Waals surface area contributed by atoms with Crippen LogP contribution >= 0.6 is 11.3 Å². The minimum atomic E-state index is -2.86. The lowest BCUT2D eigenvalue weighted by Gasteiger charge is -2.35. The lowest BCUT2D eigenvalue weighted by Crippen LogP contribution is -2.67. The largest absolute Gasteiger partial charge is 0.212 e. The number of nitrogens with zero attached hydrogens (tertiary/aromatic N) is 3. The predicted octanol–water partition coefficient (Wildman–Crippen LogP) is 8.66. The van der Waals surface area contributed by atoms with Gasteiger partial charge in [0, 0.05) is 20.7 Å². The smallest absolute Gasteiger partial charge is 0.180 e. The van der Waals surface area contributed by atoms with E-state index in [1.54, 1.807) is 0 Å². The van der Waals surface area contributed by atoms with E-state index in [2.05, 4.69) is 146 Å². The highest BCUT2D eigenvalue weighted by Crippen LogP contribution is 2.50. The third kappa shape index (κ3) is 4.98. The quantitative estimate of drug-likeness (QED) is 0.127. The van der Waals surface area contributed by atoms with Gasteiger partial charge in [0.25, 0.3) is 0 Å². The highest BCUT2D eigenvalue weighted by Gasteiger charge is 2.48. The number of thiophene rings is 1. The maximum Gasteiger partial charge on any atom is 0.180 e. The predicted molar refractivity (Wildman–Crippen MR) is 206 cm³/mol. The van der Waals surface area contributed by atoms with Crippen molar-refractivity contribution in [3.05, 3.63) is 198 Å². The molecule has 232 valence electrons. The van der Waals surface area contributed by atoms with Crippen LogP contribution in [0.1, 0.15) is 22.2 Å². The van der Waals surface area contributed by atoms with Crippen molar-refractivity contribution in [1.82, 2.24) is 15.0 Å². The molecule has 1 unspecified atom stereocenters. The molecule has 1 aliphatic carbocycles. The van der Waals surface area contributed by atoms with Crippen molar-refractivity contribution in [2.45, 2.75) is 5.92 Å². The summed E-state index contributed by atoms with van der Waals surface area (Å²) in [5.74, 6) is 2.00. The summed E-state index contributed by atoms with van der Waals surface area (Å²) in [7, 11) is -2.86. The molecule has 0 spiro atoms. The second-order valence-electron chi connectivity index (χ2n) is 12.3. The topological polar surface area (TPSA) is 38.7 Å². The van der Waals surface area contributed by atoms with E-state index < -0.39 is 8.07 Å². The van der Waals surface area contributed by atoms with Crippen LogP contribution in [0.15, 0.2) is 182 Å². The molecule has 2 aromatic heterocycles. The van der Waals surface area contributed by atoms with E-state index in [4.69, 9.17) is 15.0 Å². The molecule has 0 N–H and O–H groups in total. The van der Waals surface area contributed by atoms with Gasteiger partial charge in [-0.15, -0.1) is 11.3 Å². The third-order valence-corrected chi connectivity index (χ3v) is 15.6. The van der Waals surface area contributed by atoms with E-state index >= 15 is 0 Å². The lowest BCUT2D eigenvalue weighted by atomic mass is 10.1. The number of aromatic nitrogens is 3. The molecule has 0 saturated carbocycles. The highest BCUT2D eigenvalue weighted by molar-refractivity contribution is 7.25. The van der Waals surface area contributed by atoms with Crippen LogP contribution in [0.2, 0.25) is 0 Å². The lowest BCUT2D eigenvalue weighted by molar-refractivity contribution is 0.882. The molecule has 2 heterocycles. The van der Waals surface area contributed by atoms with Gasteiger partial charge in [0.05, 0.1) is 5.92 Å². The Hall–Kier alpha value is -5.75. The van der Waals surface area contributed by atoms with Gasteiger partial charge in [-0.2, -0.15) is 0 Å². The van der Waals surface area contributed by atoms with Crippen LogP contribution in [0.4, 0.5) is 0 Å². The van der Waals surface area contributed by atoms with Crippen molar-refractivity contribution < 1.29 is 0 Å². The van der Waals surface area contributed by atoms with Crippen LogP contribution in [0.5, 0.6) is 0 Å². The fourth-order valence-corrected chi connectivity index (χ4v) is 13.8. The molecular weight excluding hydrogens is 631 g/mol. The first-order valence-electron chi connectivity index (χ1n) is 16.6. The van der Waals surface area contributed by atoms with Gasteiger partial charge < -0.3 is 0 Å². The maximum atomic E-state index is 5.27. The van der Waals surface area contributed by atoms with E-state index in [9.17, 15) is 0 Å². The molecule has 8 aromatic rings. The zero-order valence-electron chi connectivity index (χ0n) is 26.6. The standard InChI is InChI=1S/C44H31N3SSi/c1-6-18-31(19-7-1)42-45-43(32-20-8-2-9-21-32)47-44(46-42)37-30-39(40-36-28-16-17-29-38(36)48-41(37)40)49(33-22-10-3-11-23-33,34-24-12-4-13-25-34)35-26-14-5-15-27-35/h1-30,37H. The number of hydrogen-bond donors (Lipinski definition) is 0. The summed E-state index contributed by atoms with van der Waals surface area (Å²) in [6.07, 6.45) is 2.51. The Kier molecular flexibility index (Phi) is 7.42. The van der Waals surface area contributed by atoms with Crippen molar-refractivity contribution >= 4 is 50.3 Å². The Morgan fingerprint density at radius 1 is 0.449 bits per heavy atom. The van der Waals surface area contributed by atoms with Crippen LogP contribution in [-0.4, -0.2) is 23.0 Å². The summed E-state index contributed by atoms with van der Waals surface area (Å²) in [6, 6.07) is 62.9. The Bertz CT molecular complexity index is 2270. The molecule has 1 aliphatic rings. The molecule has 0 radical (unpaired) electrons. The summed E-state index contributed by atoms with van der Waals surface area (Å²) in [5.41, 5.74) is 3.28. The van der Waals surface area contributed by atoms with Gasteiger partial charge in [-0.05, 0) is 37.8 Å². The Balaban J connectivity index is 1.38. The van der Waals surface area contributed by atoms with E-state index in [0.29, 0.717) is 11.6 Å². The second-order valence-corrected chi connectivity index (χ2v) is 17.2. The summed E-state index contributed by atoms with van der Waals surface area (Å²) in [5, 5.41) is 6.73. The number of allylic oxidation sites excluding steroid dienone is 1. The van der Waals surface area contributed by atoms with E-state index in [1.807, 2.05) is 47.7 Å². The SMILES string of the molecule is C1=C([Si](c2ccccc2)(c2ccccc2)c2ccccc2)c2c(sc3ccccc23)C1c1nc(-c2ccccc2)nc(-c2ccccc2)n1. The Morgan fingerprint density at radius 2 is 0.878 bits per heavy atom. The Labute approximate surface area is 291 Å². The number of fused-ring (bicyclic) bond motifs is 3. The van der Waals surface area contributed by atoms with Crippen LogP contribution in [-0.2, 0) is 0 Å². The van der Waals surface area contributed by atoms with Crippen LogP contribution in [0.3, 0.4) is 0 Å². The van der Waals surface area contributed by atoms with Crippen molar-refractivity contribution in [1.29, 1.82) is 0 Å². The van der Waals surface area contributed by atoms with Crippen molar-refractivity contribution in [2.24, 2.45) is 0 Å². The summed E-state index contributed by atoms with van der Waals surface area (Å²) in [6.45, 7) is 0. The van der Waals surface area contributed by atoms with Gasteiger partial charge in [-0.1, -0.05) is 176 Å². The third-order valence-electron chi connectivity index (χ3n) is 9.53. The number of benzene rings is 6. The van der Waals surface area contributed by atoms with Gasteiger partial charge in [0.1, 0.15) is 5.82 Å². The first-order valence-corrected chi connectivity index (χ1v) is 19.4. The molecule has 6 aromatic carbocycles. The fourth-order valence-electron chi connectivity index (χ4n) is 7.39. The molecule has 49 heavy (non-hydrogen) atoms. The maximum absolute atomic E-state index is 5.27. The average Bonchev–Trinajstić information content (AvgIpc) is 3.75. The van der Waals surface area contributed by atoms with E-state index in [-0.39, 0.29) is 5.92 Å². The van der Waals surface area contributed by atoms with E-state index in [1.165, 1.54) is 41.3 Å². The normalized spacial score (nSPS) is 14.0. The van der Waals surface area contributed by atoms with Crippen LogP contribution < -0.4 is 15.6 Å². The fraction of sp³-hybridized carbons (Fsp3) is 0.0227. The average molecular weight is 662 g/mol. The molecule has 0 saturated heterocycles. The summed E-state index contributed by atoms with van der Waals surface area (Å²) in [4.78, 5) is 16.9. The van der Waals surface area contributed by atoms with E-state index in [0.717, 1.165) is 17.0 Å². The zero-order valence-corrected chi connectivity index (χ0v) is 28.5. The summed E-state index contributed by atoms with van der Waals surface area (Å²) >= 11 is 1.87. The van der Waals surface area contributed by atoms with Crippen molar-refractivity contribution in [2.75, 3.05) is 0 Å². The van der Waals surface area contributed by atoms with Gasteiger partial charge in [0.2, 0.25) is 0 Å². The first-order chi connectivity index (χ1) is 24.3. The van der Waals surface area contributed by atoms with Crippen molar-refractivity contribution in [3.8, 4) is 22.8 Å². The summed E-state index contributed by atoms with van der Waals surface area (Å²) < 4.78 is 1.28. The van der Waals surface area contributed by atoms with Gasteiger partial charge in [-0.3, -0.25) is 0 Å². The van der Waals surface area contributed by atoms with Crippen LogP contribution in [0.25, 0.3) is 38.1 Å². The molecule has 0 aliphatic heterocycles. The van der Waals surface area contributed by atoms with Crippen molar-refractivity contribution in [3.63, 3.8) is 0 Å². The molecule has 9 rings (SSSR count). The number of hydrogen-bond acceptors (Lipinski definition) is 4. The monoisotopic (exact) mass is 661 g/mol. The molecule has 0 amide bonds. The zero-order chi connectivity index (χ0) is 32.6. The molecular formula is C44H31N3SSi. The van der Waals surface area contributed by atoms with Crippen LogP contribution in [0, 0.1) is 0 Å². The molecule has 1 atom stereocenters. The first kappa shape index (κ1) is 29.4. The molecule has 0 fully saturated rings. The Morgan fingerprint density at radius 3 is 1.37 bits per heavy atom. The van der Waals surface area contributed by atoms with Gasteiger partial charge in [0.15, 0.2) is 19.7 Å². The number of rotatable bonds is 7. The minimum Gasteiger partial charge on any atom is -0.212 e. The molecule has 5 heteroatoms. The second kappa shape index (κ2) is 12.4. The van der Waals surface area contributed by atoms with Gasteiger partial charge >= 0.3 is 0 Å². The minimum absolute atomic E-state index is 0.140. The van der Waals surface area contributed by atoms with Gasteiger partial charge in [-0.25, -0.2) is 15.0 Å².